The molecule has 0 aliphatic rings. The Kier molecular flexibility index (Phi) is 8.05. The van der Waals surface area contributed by atoms with Gasteiger partial charge in [-0.25, -0.2) is 0 Å². The average molecular weight is 367 g/mol. The predicted octanol–water partition coefficient (Wildman–Crippen LogP) is 3.97. The summed E-state index contributed by atoms with van der Waals surface area (Å²) in [7, 11) is 0. The maximum absolute atomic E-state index is 12.8. The van der Waals surface area contributed by atoms with Crippen LogP contribution in [0, 0.1) is 5.92 Å². The molecule has 27 heavy (non-hydrogen) atoms. The molecule has 4 heteroatoms. The van der Waals surface area contributed by atoms with E-state index in [1.54, 1.807) is 12.1 Å². The first kappa shape index (κ1) is 20.7. The Morgan fingerprint density at radius 2 is 1.48 bits per heavy atom. The van der Waals surface area contributed by atoms with Gasteiger partial charge in [-0.3, -0.25) is 9.59 Å². The van der Waals surface area contributed by atoms with E-state index in [-0.39, 0.29) is 23.8 Å². The molecule has 2 rings (SSSR count). The lowest BCUT2D eigenvalue weighted by molar-refractivity contribution is -0.124. The Hall–Kier alpha value is -2.62. The first-order valence-corrected chi connectivity index (χ1v) is 9.71. The van der Waals surface area contributed by atoms with Crippen LogP contribution in [0.5, 0.6) is 0 Å². The molecule has 0 bridgehead atoms. The van der Waals surface area contributed by atoms with Gasteiger partial charge in [0.15, 0.2) is 0 Å². The average Bonchev–Trinajstić information content (AvgIpc) is 2.71. The summed E-state index contributed by atoms with van der Waals surface area (Å²) in [4.78, 5) is 25.3. The van der Waals surface area contributed by atoms with Gasteiger partial charge in [0.2, 0.25) is 5.91 Å². The zero-order valence-electron chi connectivity index (χ0n) is 16.4. The Balaban J connectivity index is 1.94. The van der Waals surface area contributed by atoms with Crippen LogP contribution in [0.25, 0.3) is 0 Å². The summed E-state index contributed by atoms with van der Waals surface area (Å²) >= 11 is 0. The summed E-state index contributed by atoms with van der Waals surface area (Å²) in [5.74, 6) is -0.277. The van der Waals surface area contributed by atoms with Crippen LogP contribution in [-0.2, 0) is 11.2 Å². The highest BCUT2D eigenvalue weighted by molar-refractivity contribution is 5.97. The van der Waals surface area contributed by atoms with E-state index in [0.29, 0.717) is 5.56 Å². The molecule has 0 heterocycles. The quantitative estimate of drug-likeness (QED) is 0.705. The van der Waals surface area contributed by atoms with Crippen LogP contribution in [0.1, 0.15) is 49.5 Å². The van der Waals surface area contributed by atoms with Crippen molar-refractivity contribution < 1.29 is 9.59 Å². The topological polar surface area (TPSA) is 58.2 Å². The Morgan fingerprint density at radius 3 is 2.07 bits per heavy atom. The molecular weight excluding hydrogens is 336 g/mol. The first-order valence-electron chi connectivity index (χ1n) is 9.71. The minimum Gasteiger partial charge on any atom is -0.352 e. The van der Waals surface area contributed by atoms with E-state index in [2.05, 4.69) is 22.8 Å². The molecule has 0 radical (unpaired) electrons. The summed E-state index contributed by atoms with van der Waals surface area (Å²) in [6.45, 7) is 6.02. The third-order valence-corrected chi connectivity index (χ3v) is 4.92. The highest BCUT2D eigenvalue weighted by atomic mass is 16.2. The monoisotopic (exact) mass is 366 g/mol. The van der Waals surface area contributed by atoms with Crippen molar-refractivity contribution in [3.63, 3.8) is 0 Å². The van der Waals surface area contributed by atoms with Crippen molar-refractivity contribution in [2.75, 3.05) is 0 Å². The molecular formula is C23H30N2O2. The zero-order valence-corrected chi connectivity index (χ0v) is 16.4. The van der Waals surface area contributed by atoms with E-state index in [1.165, 1.54) is 5.56 Å². The van der Waals surface area contributed by atoms with E-state index >= 15 is 0 Å². The molecule has 1 unspecified atom stereocenters. The van der Waals surface area contributed by atoms with E-state index in [4.69, 9.17) is 0 Å². The lowest BCUT2D eigenvalue weighted by Gasteiger charge is -2.25. The van der Waals surface area contributed by atoms with Crippen LogP contribution in [0.2, 0.25) is 0 Å². The molecule has 0 saturated carbocycles. The second kappa shape index (κ2) is 10.5. The molecule has 2 aromatic rings. The highest BCUT2D eigenvalue weighted by Gasteiger charge is 2.27. The molecule has 2 amide bonds. The highest BCUT2D eigenvalue weighted by Crippen LogP contribution is 2.11. The van der Waals surface area contributed by atoms with Gasteiger partial charge in [0.25, 0.3) is 5.91 Å². The number of carbonyl (C=O) groups excluding carboxylic acids is 2. The molecule has 4 nitrogen and oxygen atoms in total. The molecule has 144 valence electrons. The van der Waals surface area contributed by atoms with Crippen LogP contribution >= 0.6 is 0 Å². The molecule has 0 aromatic heterocycles. The minimum absolute atomic E-state index is 0.0397. The number of amides is 2. The van der Waals surface area contributed by atoms with Crippen LogP contribution in [0.4, 0.5) is 0 Å². The fraction of sp³-hybridized carbons (Fsp3) is 0.391. The maximum atomic E-state index is 12.8. The minimum atomic E-state index is -0.540. The van der Waals surface area contributed by atoms with Gasteiger partial charge >= 0.3 is 0 Å². The number of nitrogens with one attached hydrogen (secondary N) is 2. The number of hydrogen-bond acceptors (Lipinski definition) is 2. The third-order valence-electron chi connectivity index (χ3n) is 4.92. The van der Waals surface area contributed by atoms with Gasteiger partial charge < -0.3 is 10.6 Å². The maximum Gasteiger partial charge on any atom is 0.251 e. The van der Waals surface area contributed by atoms with Gasteiger partial charge in [0, 0.05) is 11.6 Å². The fourth-order valence-corrected chi connectivity index (χ4v) is 2.95. The van der Waals surface area contributed by atoms with Crippen LogP contribution < -0.4 is 10.6 Å². The van der Waals surface area contributed by atoms with Gasteiger partial charge in [0.1, 0.15) is 6.04 Å². The molecule has 2 N–H and O–H groups in total. The van der Waals surface area contributed by atoms with E-state index < -0.39 is 6.04 Å². The Bertz CT molecular complexity index is 716. The molecule has 2 aromatic carbocycles. The summed E-state index contributed by atoms with van der Waals surface area (Å²) in [6, 6.07) is 18.7. The molecule has 0 fully saturated rings. The fourth-order valence-electron chi connectivity index (χ4n) is 2.95. The number of rotatable bonds is 9. The van der Waals surface area contributed by atoms with Crippen LogP contribution in [0.3, 0.4) is 0 Å². The van der Waals surface area contributed by atoms with Crippen LogP contribution in [0.15, 0.2) is 60.7 Å². The van der Waals surface area contributed by atoms with Gasteiger partial charge in [-0.1, -0.05) is 68.8 Å². The largest absolute Gasteiger partial charge is 0.352 e. The third kappa shape index (κ3) is 6.55. The summed E-state index contributed by atoms with van der Waals surface area (Å²) < 4.78 is 0. The van der Waals surface area contributed by atoms with Crippen molar-refractivity contribution >= 4 is 11.8 Å². The van der Waals surface area contributed by atoms with Crippen LogP contribution in [-0.4, -0.2) is 23.9 Å². The zero-order chi connectivity index (χ0) is 19.6. The van der Waals surface area contributed by atoms with Crippen molar-refractivity contribution in [1.82, 2.24) is 10.6 Å². The summed E-state index contributed by atoms with van der Waals surface area (Å²) in [6.07, 6.45) is 2.58. The van der Waals surface area contributed by atoms with Crippen molar-refractivity contribution in [2.45, 2.75) is 52.1 Å². The first-order chi connectivity index (χ1) is 13.0. The lowest BCUT2D eigenvalue weighted by Crippen LogP contribution is -2.52. The second-order valence-corrected chi connectivity index (χ2v) is 7.14. The molecule has 3 atom stereocenters. The van der Waals surface area contributed by atoms with Crippen molar-refractivity contribution in [3.8, 4) is 0 Å². The summed E-state index contributed by atoms with van der Waals surface area (Å²) in [5, 5.41) is 5.98. The van der Waals surface area contributed by atoms with E-state index in [0.717, 1.165) is 19.3 Å². The lowest BCUT2D eigenvalue weighted by atomic mass is 9.97. The smallest absolute Gasteiger partial charge is 0.251 e. The van der Waals surface area contributed by atoms with E-state index in [1.807, 2.05) is 57.2 Å². The van der Waals surface area contributed by atoms with Crippen molar-refractivity contribution in [1.29, 1.82) is 0 Å². The van der Waals surface area contributed by atoms with E-state index in [9.17, 15) is 9.59 Å². The van der Waals surface area contributed by atoms with Gasteiger partial charge in [-0.15, -0.1) is 0 Å². The Labute approximate surface area is 162 Å². The van der Waals surface area contributed by atoms with Crippen molar-refractivity contribution in [3.05, 3.63) is 71.8 Å². The standard InChI is InChI=1S/C23H30N2O2/c1-4-17(2)21(25-22(26)20-13-9-6-10-14-20)23(27)24-18(3)15-16-19-11-7-5-8-12-19/h5-14,17-18,21H,4,15-16H2,1-3H3,(H,24,27)(H,25,26)/t17-,18?,21-/m0/s1. The van der Waals surface area contributed by atoms with Gasteiger partial charge in [-0.2, -0.15) is 0 Å². The number of benzene rings is 2. The SMILES string of the molecule is CC[C@H](C)[C@H](NC(=O)c1ccccc1)C(=O)NC(C)CCc1ccccc1. The normalized spacial score (nSPS) is 14.0. The second-order valence-electron chi connectivity index (χ2n) is 7.14. The summed E-state index contributed by atoms with van der Waals surface area (Å²) in [5.41, 5.74) is 1.82. The predicted molar refractivity (Wildman–Crippen MR) is 110 cm³/mol. The number of carbonyl (C=O) groups is 2. The number of aryl methyl sites for hydroxylation is 1. The Morgan fingerprint density at radius 1 is 0.889 bits per heavy atom. The van der Waals surface area contributed by atoms with Gasteiger partial charge in [0.05, 0.1) is 0 Å². The molecule has 0 spiro atoms. The van der Waals surface area contributed by atoms with Gasteiger partial charge in [-0.05, 0) is 43.4 Å². The van der Waals surface area contributed by atoms with Crippen molar-refractivity contribution in [2.24, 2.45) is 5.92 Å². The number of hydrogen-bond donors (Lipinski definition) is 2. The molecule has 0 aliphatic heterocycles. The molecule has 0 aliphatic carbocycles. The molecule has 0 saturated heterocycles.